The maximum Gasteiger partial charge on any atom is 0.258 e. The van der Waals surface area contributed by atoms with Gasteiger partial charge in [0.05, 0.1) is 0 Å². The van der Waals surface area contributed by atoms with Gasteiger partial charge in [-0.1, -0.05) is 13.8 Å². The second-order valence-corrected chi connectivity index (χ2v) is 5.66. The molecule has 0 aliphatic heterocycles. The lowest BCUT2D eigenvalue weighted by Crippen LogP contribution is -2.37. The predicted octanol–water partition coefficient (Wildman–Crippen LogP) is 1.10. The van der Waals surface area contributed by atoms with Crippen LogP contribution in [0.4, 0.5) is 5.95 Å². The number of aromatic nitrogens is 6. The summed E-state index contributed by atoms with van der Waals surface area (Å²) in [5.41, 5.74) is 0. The van der Waals surface area contributed by atoms with Crippen molar-refractivity contribution in [3.8, 4) is 5.95 Å². The smallest absolute Gasteiger partial charge is 0.258 e. The largest absolute Gasteiger partial charge is 0.350 e. The molecule has 2 heterocycles. The lowest BCUT2D eigenvalue weighted by molar-refractivity contribution is 0.343. The fourth-order valence-electron chi connectivity index (χ4n) is 1.80. The first kappa shape index (κ1) is 15.6. The number of hydrogen-bond donors (Lipinski definition) is 1. The fourth-order valence-corrected chi connectivity index (χ4v) is 1.96. The van der Waals surface area contributed by atoms with E-state index in [9.17, 15) is 0 Å². The Morgan fingerprint density at radius 1 is 1.29 bits per heavy atom. The summed E-state index contributed by atoms with van der Waals surface area (Å²) in [6.45, 7) is 5.14. The van der Waals surface area contributed by atoms with Crippen LogP contribution in [0.5, 0.6) is 0 Å². The second-order valence-electron chi connectivity index (χ2n) is 5.33. The molecule has 0 aliphatic carbocycles. The molecule has 0 radical (unpaired) electrons. The molecule has 9 heteroatoms. The molecule has 1 atom stereocenters. The van der Waals surface area contributed by atoms with Crippen molar-refractivity contribution in [2.75, 3.05) is 26.0 Å². The van der Waals surface area contributed by atoms with E-state index in [1.807, 2.05) is 14.1 Å². The average molecular weight is 311 g/mol. The number of halogens is 1. The summed E-state index contributed by atoms with van der Waals surface area (Å²) in [5, 5.41) is 7.41. The minimum absolute atomic E-state index is 0.116. The number of nitrogens with one attached hydrogen (secondary N) is 1. The number of hydrogen-bond acceptors (Lipinski definition) is 7. The number of rotatable bonds is 6. The van der Waals surface area contributed by atoms with Crippen LogP contribution in [-0.4, -0.2) is 61.3 Å². The average Bonchev–Trinajstić information content (AvgIpc) is 2.90. The molecule has 1 N–H and O–H groups in total. The van der Waals surface area contributed by atoms with Crippen molar-refractivity contribution in [1.29, 1.82) is 0 Å². The van der Waals surface area contributed by atoms with E-state index >= 15 is 0 Å². The van der Waals surface area contributed by atoms with Crippen molar-refractivity contribution in [2.45, 2.75) is 19.9 Å². The van der Waals surface area contributed by atoms with Crippen molar-refractivity contribution >= 4 is 17.5 Å². The third kappa shape index (κ3) is 4.33. The van der Waals surface area contributed by atoms with E-state index in [1.54, 1.807) is 0 Å². The molecule has 0 saturated carbocycles. The minimum atomic E-state index is 0.116. The third-order valence-electron chi connectivity index (χ3n) is 2.90. The maximum absolute atomic E-state index is 5.96. The summed E-state index contributed by atoms with van der Waals surface area (Å²) in [5.74, 6) is 1.18. The van der Waals surface area contributed by atoms with E-state index in [1.165, 1.54) is 17.3 Å². The van der Waals surface area contributed by atoms with E-state index < -0.39 is 0 Å². The van der Waals surface area contributed by atoms with Gasteiger partial charge < -0.3 is 10.2 Å². The van der Waals surface area contributed by atoms with Gasteiger partial charge in [-0.2, -0.15) is 24.7 Å². The molecule has 0 saturated heterocycles. The van der Waals surface area contributed by atoms with E-state index in [2.05, 4.69) is 49.1 Å². The van der Waals surface area contributed by atoms with Crippen LogP contribution >= 0.6 is 11.6 Å². The summed E-state index contributed by atoms with van der Waals surface area (Å²) in [6.07, 6.45) is 2.92. The molecule has 0 aromatic carbocycles. The zero-order valence-corrected chi connectivity index (χ0v) is 13.3. The van der Waals surface area contributed by atoms with Crippen molar-refractivity contribution in [3.05, 3.63) is 17.9 Å². The second kappa shape index (κ2) is 6.77. The topological polar surface area (TPSA) is 84.6 Å². The van der Waals surface area contributed by atoms with Crippen LogP contribution in [0.1, 0.15) is 13.8 Å². The molecule has 2 aromatic rings. The summed E-state index contributed by atoms with van der Waals surface area (Å²) in [4.78, 5) is 18.5. The first-order chi connectivity index (χ1) is 9.95. The Morgan fingerprint density at radius 2 is 2.05 bits per heavy atom. The van der Waals surface area contributed by atoms with Gasteiger partial charge in [0.2, 0.25) is 11.2 Å². The molecular weight excluding hydrogens is 292 g/mol. The van der Waals surface area contributed by atoms with Crippen molar-refractivity contribution in [1.82, 2.24) is 34.6 Å². The van der Waals surface area contributed by atoms with Crippen LogP contribution in [0, 0.1) is 5.92 Å². The third-order valence-corrected chi connectivity index (χ3v) is 3.07. The molecule has 0 amide bonds. The summed E-state index contributed by atoms with van der Waals surface area (Å²) in [6, 6.07) is 0.196. The summed E-state index contributed by atoms with van der Waals surface area (Å²) >= 11 is 5.96. The molecule has 2 aromatic heterocycles. The highest BCUT2D eigenvalue weighted by Crippen LogP contribution is 2.13. The van der Waals surface area contributed by atoms with Crippen molar-refractivity contribution < 1.29 is 0 Å². The van der Waals surface area contributed by atoms with Gasteiger partial charge in [0.25, 0.3) is 5.95 Å². The summed E-state index contributed by atoms with van der Waals surface area (Å²) in [7, 11) is 4.05. The standard InChI is InChI=1S/C12H19ClN8/c1-8(2)9(5-20(3)4)16-11-17-10(13)18-12(19-11)21-7-14-6-15-21/h6-9H,5H2,1-4H3,(H,16,17,18,19). The molecule has 2 rings (SSSR count). The first-order valence-corrected chi connectivity index (χ1v) is 7.01. The SMILES string of the molecule is CC(C)C(CN(C)C)Nc1nc(Cl)nc(-n2cncn2)n1. The molecule has 1 unspecified atom stereocenters. The highest BCUT2D eigenvalue weighted by molar-refractivity contribution is 6.28. The normalized spacial score (nSPS) is 12.9. The highest BCUT2D eigenvalue weighted by atomic mass is 35.5. The number of anilines is 1. The monoisotopic (exact) mass is 310 g/mol. The van der Waals surface area contributed by atoms with Crippen LogP contribution in [0.15, 0.2) is 12.7 Å². The van der Waals surface area contributed by atoms with E-state index in [4.69, 9.17) is 11.6 Å². The highest BCUT2D eigenvalue weighted by Gasteiger charge is 2.17. The van der Waals surface area contributed by atoms with Crippen LogP contribution in [0.3, 0.4) is 0 Å². The molecule has 8 nitrogen and oxygen atoms in total. The minimum Gasteiger partial charge on any atom is -0.350 e. The van der Waals surface area contributed by atoms with Gasteiger partial charge >= 0.3 is 0 Å². The molecule has 0 aliphatic rings. The molecular formula is C12H19ClN8. The fraction of sp³-hybridized carbons (Fsp3) is 0.583. The zero-order valence-electron chi connectivity index (χ0n) is 12.5. The number of likely N-dealkylation sites (N-methyl/N-ethyl adjacent to an activating group) is 1. The lowest BCUT2D eigenvalue weighted by atomic mass is 10.0. The molecule has 114 valence electrons. The number of nitrogens with zero attached hydrogens (tertiary/aromatic N) is 7. The van der Waals surface area contributed by atoms with Gasteiger partial charge in [0.15, 0.2) is 0 Å². The van der Waals surface area contributed by atoms with Crippen LogP contribution in [0.25, 0.3) is 5.95 Å². The maximum atomic E-state index is 5.96. The molecule has 0 spiro atoms. The van der Waals surface area contributed by atoms with Crippen molar-refractivity contribution in [2.24, 2.45) is 5.92 Å². The van der Waals surface area contributed by atoms with Gasteiger partial charge in [0.1, 0.15) is 12.7 Å². The van der Waals surface area contributed by atoms with E-state index in [0.29, 0.717) is 17.8 Å². The molecule has 0 fully saturated rings. The first-order valence-electron chi connectivity index (χ1n) is 6.63. The van der Waals surface area contributed by atoms with Crippen LogP contribution in [0.2, 0.25) is 5.28 Å². The Morgan fingerprint density at radius 3 is 2.62 bits per heavy atom. The van der Waals surface area contributed by atoms with Crippen LogP contribution < -0.4 is 5.32 Å². The van der Waals surface area contributed by atoms with E-state index in [0.717, 1.165) is 6.54 Å². The molecule has 21 heavy (non-hydrogen) atoms. The Bertz CT molecular complexity index is 569. The Balaban J connectivity index is 2.23. The van der Waals surface area contributed by atoms with Gasteiger partial charge in [0, 0.05) is 12.6 Å². The molecule has 0 bridgehead atoms. The van der Waals surface area contributed by atoms with Gasteiger partial charge in [-0.05, 0) is 31.6 Å². The van der Waals surface area contributed by atoms with Gasteiger partial charge in [-0.3, -0.25) is 0 Å². The Labute approximate surface area is 128 Å². The van der Waals surface area contributed by atoms with Gasteiger partial charge in [-0.25, -0.2) is 4.98 Å². The summed E-state index contributed by atoms with van der Waals surface area (Å²) < 4.78 is 1.44. The zero-order chi connectivity index (χ0) is 15.4. The van der Waals surface area contributed by atoms with Crippen molar-refractivity contribution in [3.63, 3.8) is 0 Å². The predicted molar refractivity (Wildman–Crippen MR) is 80.6 cm³/mol. The van der Waals surface area contributed by atoms with Crippen LogP contribution in [-0.2, 0) is 0 Å². The van der Waals surface area contributed by atoms with E-state index in [-0.39, 0.29) is 11.3 Å². The Hall–Kier alpha value is -1.80. The lowest BCUT2D eigenvalue weighted by Gasteiger charge is -2.25. The quantitative estimate of drug-likeness (QED) is 0.855. The Kier molecular flexibility index (Phi) is 5.03. The van der Waals surface area contributed by atoms with Gasteiger partial charge in [-0.15, -0.1) is 0 Å².